The van der Waals surface area contributed by atoms with Crippen molar-refractivity contribution in [2.45, 2.75) is 52.5 Å². The van der Waals surface area contributed by atoms with Crippen LogP contribution >= 0.6 is 0 Å². The second kappa shape index (κ2) is 1.89. The molecule has 2 rings (SSSR count). The maximum absolute atomic E-state index is 6.36. The average molecular weight is 167 g/mol. The van der Waals surface area contributed by atoms with Gasteiger partial charge in [-0.05, 0) is 36.0 Å². The highest BCUT2D eigenvalue weighted by molar-refractivity contribution is 5.22. The van der Waals surface area contributed by atoms with E-state index in [4.69, 9.17) is 5.73 Å². The Morgan fingerprint density at radius 2 is 1.42 bits per heavy atom. The van der Waals surface area contributed by atoms with Crippen molar-refractivity contribution in [3.63, 3.8) is 0 Å². The molecule has 2 aliphatic carbocycles. The van der Waals surface area contributed by atoms with Crippen LogP contribution in [0.3, 0.4) is 0 Å². The highest BCUT2D eigenvalue weighted by Gasteiger charge is 2.71. The highest BCUT2D eigenvalue weighted by Crippen LogP contribution is 2.74. The van der Waals surface area contributed by atoms with Gasteiger partial charge in [0, 0.05) is 5.54 Å². The fourth-order valence-electron chi connectivity index (χ4n) is 3.51. The first-order valence-electron chi connectivity index (χ1n) is 5.11. The maximum Gasteiger partial charge on any atom is 0.0193 e. The molecule has 0 spiro atoms. The number of hydrogen-bond acceptors (Lipinski definition) is 1. The van der Waals surface area contributed by atoms with Crippen molar-refractivity contribution >= 4 is 0 Å². The minimum atomic E-state index is 0.201. The van der Waals surface area contributed by atoms with Crippen LogP contribution in [0.4, 0.5) is 0 Å². The summed E-state index contributed by atoms with van der Waals surface area (Å²) in [6.45, 7) is 9.46. The molecule has 2 N–H and O–H groups in total. The lowest BCUT2D eigenvalue weighted by Crippen LogP contribution is -2.50. The van der Waals surface area contributed by atoms with E-state index in [2.05, 4.69) is 27.7 Å². The van der Waals surface area contributed by atoms with Crippen LogP contribution in [-0.4, -0.2) is 5.54 Å². The Labute approximate surface area is 75.7 Å². The third-order valence-electron chi connectivity index (χ3n) is 4.88. The number of rotatable bonds is 1. The summed E-state index contributed by atoms with van der Waals surface area (Å²) in [5.74, 6) is 0.756. The topological polar surface area (TPSA) is 26.0 Å². The average Bonchev–Trinajstić information content (AvgIpc) is 2.20. The SMILES string of the molecule is CC1(C)C(C2(N)CCC2)C1(C)C. The lowest BCUT2D eigenvalue weighted by atomic mass is 9.71. The van der Waals surface area contributed by atoms with Gasteiger partial charge >= 0.3 is 0 Å². The summed E-state index contributed by atoms with van der Waals surface area (Å²) >= 11 is 0. The minimum Gasteiger partial charge on any atom is -0.325 e. The van der Waals surface area contributed by atoms with Crippen LogP contribution in [0.15, 0.2) is 0 Å². The Hall–Kier alpha value is -0.0400. The molecule has 0 unspecified atom stereocenters. The molecule has 0 amide bonds. The molecule has 2 saturated carbocycles. The molecule has 0 saturated heterocycles. The summed E-state index contributed by atoms with van der Waals surface area (Å²) in [6.07, 6.45) is 3.86. The smallest absolute Gasteiger partial charge is 0.0193 e. The molecule has 0 radical (unpaired) electrons. The van der Waals surface area contributed by atoms with Crippen molar-refractivity contribution in [2.24, 2.45) is 22.5 Å². The summed E-state index contributed by atoms with van der Waals surface area (Å²) in [5.41, 5.74) is 7.51. The summed E-state index contributed by atoms with van der Waals surface area (Å²) in [5, 5.41) is 0. The Morgan fingerprint density at radius 1 is 1.00 bits per heavy atom. The van der Waals surface area contributed by atoms with Gasteiger partial charge in [-0.15, -0.1) is 0 Å². The van der Waals surface area contributed by atoms with Crippen LogP contribution in [0.25, 0.3) is 0 Å². The van der Waals surface area contributed by atoms with Gasteiger partial charge in [-0.2, -0.15) is 0 Å². The van der Waals surface area contributed by atoms with Crippen LogP contribution < -0.4 is 5.73 Å². The maximum atomic E-state index is 6.36. The molecule has 12 heavy (non-hydrogen) atoms. The molecule has 0 bridgehead atoms. The number of nitrogens with two attached hydrogens (primary N) is 1. The van der Waals surface area contributed by atoms with Gasteiger partial charge in [0.05, 0.1) is 0 Å². The zero-order valence-corrected chi connectivity index (χ0v) is 8.78. The number of hydrogen-bond donors (Lipinski definition) is 1. The Balaban J connectivity index is 2.19. The minimum absolute atomic E-state index is 0.201. The largest absolute Gasteiger partial charge is 0.325 e. The fourth-order valence-corrected chi connectivity index (χ4v) is 3.51. The molecule has 0 heterocycles. The van der Waals surface area contributed by atoms with Gasteiger partial charge in [0.2, 0.25) is 0 Å². The standard InChI is InChI=1S/C11H21N/c1-9(2)8(10(9,3)4)11(12)6-5-7-11/h8H,5-7,12H2,1-4H3. The molecule has 1 nitrogen and oxygen atoms in total. The van der Waals surface area contributed by atoms with E-state index in [1.807, 2.05) is 0 Å². The van der Waals surface area contributed by atoms with Gasteiger partial charge in [0.1, 0.15) is 0 Å². The van der Waals surface area contributed by atoms with E-state index in [1.54, 1.807) is 0 Å². The van der Waals surface area contributed by atoms with Gasteiger partial charge in [0.25, 0.3) is 0 Å². The van der Waals surface area contributed by atoms with Gasteiger partial charge in [0.15, 0.2) is 0 Å². The first-order chi connectivity index (χ1) is 5.32. The normalized spacial score (nSPS) is 35.8. The van der Waals surface area contributed by atoms with Crippen molar-refractivity contribution in [3.8, 4) is 0 Å². The molecule has 0 aromatic rings. The third kappa shape index (κ3) is 0.736. The fraction of sp³-hybridized carbons (Fsp3) is 1.00. The molecule has 0 aliphatic heterocycles. The zero-order valence-electron chi connectivity index (χ0n) is 8.78. The molecule has 70 valence electrons. The van der Waals surface area contributed by atoms with Crippen LogP contribution in [0, 0.1) is 16.7 Å². The van der Waals surface area contributed by atoms with E-state index in [9.17, 15) is 0 Å². The van der Waals surface area contributed by atoms with E-state index in [0.717, 1.165) is 5.92 Å². The van der Waals surface area contributed by atoms with Crippen LogP contribution in [0.2, 0.25) is 0 Å². The molecular formula is C11H21N. The predicted molar refractivity (Wildman–Crippen MR) is 51.8 cm³/mol. The summed E-state index contributed by atoms with van der Waals surface area (Å²) in [4.78, 5) is 0. The Morgan fingerprint density at radius 3 is 1.50 bits per heavy atom. The van der Waals surface area contributed by atoms with Gasteiger partial charge < -0.3 is 5.73 Å². The quantitative estimate of drug-likeness (QED) is 0.638. The van der Waals surface area contributed by atoms with Gasteiger partial charge in [-0.1, -0.05) is 27.7 Å². The van der Waals surface area contributed by atoms with Crippen LogP contribution in [0.5, 0.6) is 0 Å². The first-order valence-corrected chi connectivity index (χ1v) is 5.11. The molecule has 2 fully saturated rings. The van der Waals surface area contributed by atoms with Crippen LogP contribution in [0.1, 0.15) is 47.0 Å². The summed E-state index contributed by atoms with van der Waals surface area (Å²) < 4.78 is 0. The van der Waals surface area contributed by atoms with Gasteiger partial charge in [-0.25, -0.2) is 0 Å². The van der Waals surface area contributed by atoms with Gasteiger partial charge in [-0.3, -0.25) is 0 Å². The second-order valence-corrected chi connectivity index (χ2v) is 5.96. The van der Waals surface area contributed by atoms with E-state index < -0.39 is 0 Å². The monoisotopic (exact) mass is 167 g/mol. The molecule has 0 aromatic carbocycles. The molecule has 2 aliphatic rings. The second-order valence-electron chi connectivity index (χ2n) is 5.96. The van der Waals surface area contributed by atoms with Crippen molar-refractivity contribution in [1.29, 1.82) is 0 Å². The molecular weight excluding hydrogens is 146 g/mol. The Bertz CT molecular complexity index is 197. The molecule has 0 atom stereocenters. The Kier molecular flexibility index (Phi) is 1.35. The summed E-state index contributed by atoms with van der Waals surface area (Å²) in [6, 6.07) is 0. The van der Waals surface area contributed by atoms with Crippen molar-refractivity contribution < 1.29 is 0 Å². The van der Waals surface area contributed by atoms with E-state index in [-0.39, 0.29) is 5.54 Å². The first kappa shape index (κ1) is 8.55. The van der Waals surface area contributed by atoms with Crippen LogP contribution in [-0.2, 0) is 0 Å². The van der Waals surface area contributed by atoms with Crippen molar-refractivity contribution in [1.82, 2.24) is 0 Å². The van der Waals surface area contributed by atoms with E-state index >= 15 is 0 Å². The summed E-state index contributed by atoms with van der Waals surface area (Å²) in [7, 11) is 0. The van der Waals surface area contributed by atoms with E-state index in [0.29, 0.717) is 10.8 Å². The van der Waals surface area contributed by atoms with E-state index in [1.165, 1.54) is 19.3 Å². The lowest BCUT2D eigenvalue weighted by Gasteiger charge is -2.40. The van der Waals surface area contributed by atoms with Crippen molar-refractivity contribution in [2.75, 3.05) is 0 Å². The third-order valence-corrected chi connectivity index (χ3v) is 4.88. The zero-order chi connectivity index (χ0) is 9.20. The lowest BCUT2D eigenvalue weighted by molar-refractivity contribution is 0.181. The van der Waals surface area contributed by atoms with Crippen molar-refractivity contribution in [3.05, 3.63) is 0 Å². The molecule has 1 heteroatoms. The predicted octanol–water partition coefficient (Wildman–Crippen LogP) is 2.55. The highest BCUT2D eigenvalue weighted by atomic mass is 14.9. The molecule has 0 aromatic heterocycles.